The average Bonchev–Trinajstić information content (AvgIpc) is 2.64. The van der Waals surface area contributed by atoms with Crippen LogP contribution in [0.15, 0.2) is 53.4 Å². The van der Waals surface area contributed by atoms with Gasteiger partial charge in [-0.25, -0.2) is 12.8 Å². The highest BCUT2D eigenvalue weighted by atomic mass is 35.5. The molecule has 2 aromatic carbocycles. The van der Waals surface area contributed by atoms with Gasteiger partial charge in [0.05, 0.1) is 4.90 Å². The Morgan fingerprint density at radius 3 is 2.19 bits per heavy atom. The maximum atomic E-state index is 13.0. The zero-order valence-electron chi connectivity index (χ0n) is 13.9. The highest BCUT2D eigenvalue weighted by molar-refractivity contribution is 7.89. The number of hydrogen-bond donors (Lipinski definition) is 1. The first-order valence-corrected chi connectivity index (χ1v) is 10.0. The van der Waals surface area contributed by atoms with Crippen LogP contribution in [0, 0.1) is 11.7 Å². The van der Waals surface area contributed by atoms with E-state index in [-0.39, 0.29) is 29.8 Å². The Morgan fingerprint density at radius 2 is 1.62 bits per heavy atom. The second-order valence-corrected chi connectivity index (χ2v) is 8.50. The number of amides is 1. The molecule has 1 aliphatic rings. The summed E-state index contributed by atoms with van der Waals surface area (Å²) in [6.07, 6.45) is 0.861. The highest BCUT2D eigenvalue weighted by Gasteiger charge is 2.32. The SMILES string of the molecule is O=C(Nc1ccc(Cl)cc1)C1CCN(S(=O)(=O)c2ccc(F)cc2)CC1. The molecular formula is C18H18ClFN2O3S. The van der Waals surface area contributed by atoms with Crippen LogP contribution in [0.1, 0.15) is 12.8 Å². The molecule has 0 atom stereocenters. The molecule has 0 unspecified atom stereocenters. The molecular weight excluding hydrogens is 379 g/mol. The zero-order valence-corrected chi connectivity index (χ0v) is 15.4. The molecule has 1 heterocycles. The predicted molar refractivity (Wildman–Crippen MR) is 98.0 cm³/mol. The number of carbonyl (C=O) groups excluding carboxylic acids is 1. The van der Waals surface area contributed by atoms with Crippen molar-refractivity contribution in [3.63, 3.8) is 0 Å². The van der Waals surface area contributed by atoms with Gasteiger partial charge in [-0.05, 0) is 61.4 Å². The number of nitrogens with one attached hydrogen (secondary N) is 1. The van der Waals surface area contributed by atoms with Crippen molar-refractivity contribution in [3.8, 4) is 0 Å². The Hall–Kier alpha value is -1.96. The van der Waals surface area contributed by atoms with Crippen LogP contribution < -0.4 is 5.32 Å². The lowest BCUT2D eigenvalue weighted by molar-refractivity contribution is -0.120. The first-order valence-electron chi connectivity index (χ1n) is 8.18. The number of nitrogens with zero attached hydrogens (tertiary/aromatic N) is 1. The summed E-state index contributed by atoms with van der Waals surface area (Å²) in [4.78, 5) is 12.4. The van der Waals surface area contributed by atoms with E-state index in [1.54, 1.807) is 24.3 Å². The minimum atomic E-state index is -3.67. The number of piperidine rings is 1. The lowest BCUT2D eigenvalue weighted by Crippen LogP contribution is -2.41. The van der Waals surface area contributed by atoms with E-state index < -0.39 is 15.8 Å². The Bertz CT molecular complexity index is 878. The Morgan fingerprint density at radius 1 is 1.04 bits per heavy atom. The molecule has 1 aliphatic heterocycles. The standard InChI is InChI=1S/C18H18ClFN2O3S/c19-14-1-5-16(6-2-14)21-18(23)13-9-11-22(12-10-13)26(24,25)17-7-3-15(20)4-8-17/h1-8,13H,9-12H2,(H,21,23). The van der Waals surface area contributed by atoms with Crippen molar-refractivity contribution in [1.82, 2.24) is 4.31 Å². The molecule has 3 rings (SSSR count). The van der Waals surface area contributed by atoms with Gasteiger partial charge >= 0.3 is 0 Å². The van der Waals surface area contributed by atoms with Crippen molar-refractivity contribution in [2.45, 2.75) is 17.7 Å². The second kappa shape index (κ2) is 7.73. The zero-order chi connectivity index (χ0) is 18.7. The fraction of sp³-hybridized carbons (Fsp3) is 0.278. The van der Waals surface area contributed by atoms with Crippen LogP contribution in [0.4, 0.5) is 10.1 Å². The minimum Gasteiger partial charge on any atom is -0.326 e. The van der Waals surface area contributed by atoms with E-state index in [0.717, 1.165) is 12.1 Å². The van der Waals surface area contributed by atoms with Crippen molar-refractivity contribution in [3.05, 3.63) is 59.4 Å². The third-order valence-corrected chi connectivity index (χ3v) is 6.55. The molecule has 0 aliphatic carbocycles. The molecule has 26 heavy (non-hydrogen) atoms. The van der Waals surface area contributed by atoms with E-state index >= 15 is 0 Å². The van der Waals surface area contributed by atoms with Crippen molar-refractivity contribution >= 4 is 33.2 Å². The fourth-order valence-electron chi connectivity index (χ4n) is 2.89. The van der Waals surface area contributed by atoms with Crippen LogP contribution in [-0.2, 0) is 14.8 Å². The number of sulfonamides is 1. The van der Waals surface area contributed by atoms with Crippen LogP contribution >= 0.6 is 11.6 Å². The molecule has 0 aromatic heterocycles. The summed E-state index contributed by atoms with van der Waals surface area (Å²) in [5.41, 5.74) is 0.653. The minimum absolute atomic E-state index is 0.0583. The van der Waals surface area contributed by atoms with E-state index in [1.165, 1.54) is 16.4 Å². The van der Waals surface area contributed by atoms with Gasteiger partial charge in [-0.1, -0.05) is 11.6 Å². The predicted octanol–water partition coefficient (Wildman–Crippen LogP) is 3.52. The smallest absolute Gasteiger partial charge is 0.243 e. The van der Waals surface area contributed by atoms with E-state index in [0.29, 0.717) is 23.6 Å². The summed E-state index contributed by atoms with van der Waals surface area (Å²) in [5, 5.41) is 3.41. The maximum absolute atomic E-state index is 13.0. The molecule has 1 N–H and O–H groups in total. The molecule has 0 bridgehead atoms. The molecule has 1 amide bonds. The molecule has 2 aromatic rings. The summed E-state index contributed by atoms with van der Waals surface area (Å²) < 4.78 is 39.5. The highest BCUT2D eigenvalue weighted by Crippen LogP contribution is 2.25. The van der Waals surface area contributed by atoms with Gasteiger partial charge in [0.1, 0.15) is 5.82 Å². The summed E-state index contributed by atoms with van der Waals surface area (Å²) >= 11 is 5.82. The topological polar surface area (TPSA) is 66.5 Å². The van der Waals surface area contributed by atoms with Crippen LogP contribution in [0.5, 0.6) is 0 Å². The van der Waals surface area contributed by atoms with Crippen molar-refractivity contribution in [2.75, 3.05) is 18.4 Å². The molecule has 8 heteroatoms. The fourth-order valence-corrected chi connectivity index (χ4v) is 4.49. The lowest BCUT2D eigenvalue weighted by atomic mass is 9.97. The second-order valence-electron chi connectivity index (χ2n) is 6.13. The Kier molecular flexibility index (Phi) is 5.60. The largest absolute Gasteiger partial charge is 0.326 e. The van der Waals surface area contributed by atoms with Crippen LogP contribution in [0.25, 0.3) is 0 Å². The summed E-state index contributed by atoms with van der Waals surface area (Å²) in [6.45, 7) is 0.497. The Labute approximate surface area is 156 Å². The van der Waals surface area contributed by atoms with Crippen molar-refractivity contribution < 1.29 is 17.6 Å². The number of anilines is 1. The number of halogens is 2. The monoisotopic (exact) mass is 396 g/mol. The van der Waals surface area contributed by atoms with E-state index in [9.17, 15) is 17.6 Å². The number of carbonyl (C=O) groups is 1. The molecule has 0 radical (unpaired) electrons. The molecule has 138 valence electrons. The number of rotatable bonds is 4. The van der Waals surface area contributed by atoms with Gasteiger partial charge in [0.25, 0.3) is 0 Å². The molecule has 5 nitrogen and oxygen atoms in total. The Balaban J connectivity index is 1.60. The van der Waals surface area contributed by atoms with Gasteiger partial charge in [-0.2, -0.15) is 4.31 Å². The molecule has 1 fully saturated rings. The molecule has 0 saturated carbocycles. The summed E-state index contributed by atoms with van der Waals surface area (Å²) in [5.74, 6) is -0.877. The lowest BCUT2D eigenvalue weighted by Gasteiger charge is -2.30. The van der Waals surface area contributed by atoms with Crippen molar-refractivity contribution in [2.24, 2.45) is 5.92 Å². The quantitative estimate of drug-likeness (QED) is 0.859. The van der Waals surface area contributed by atoms with E-state index in [2.05, 4.69) is 5.32 Å². The van der Waals surface area contributed by atoms with Gasteiger partial charge in [0.2, 0.25) is 15.9 Å². The number of hydrogen-bond acceptors (Lipinski definition) is 3. The van der Waals surface area contributed by atoms with Gasteiger partial charge in [0, 0.05) is 29.7 Å². The van der Waals surface area contributed by atoms with Crippen LogP contribution in [0.2, 0.25) is 5.02 Å². The van der Waals surface area contributed by atoms with Crippen molar-refractivity contribution in [1.29, 1.82) is 0 Å². The van der Waals surface area contributed by atoms with Gasteiger partial charge in [-0.15, -0.1) is 0 Å². The van der Waals surface area contributed by atoms with E-state index in [4.69, 9.17) is 11.6 Å². The maximum Gasteiger partial charge on any atom is 0.243 e. The molecule has 0 spiro atoms. The van der Waals surface area contributed by atoms with E-state index in [1.807, 2.05) is 0 Å². The van der Waals surface area contributed by atoms with Crippen LogP contribution in [-0.4, -0.2) is 31.7 Å². The third kappa shape index (κ3) is 4.23. The summed E-state index contributed by atoms with van der Waals surface area (Å²) in [7, 11) is -3.67. The third-order valence-electron chi connectivity index (χ3n) is 4.39. The normalized spacial score (nSPS) is 16.4. The first kappa shape index (κ1) is 18.8. The first-order chi connectivity index (χ1) is 12.4. The van der Waals surface area contributed by atoms with Crippen LogP contribution in [0.3, 0.4) is 0 Å². The summed E-state index contributed by atoms with van der Waals surface area (Å²) in [6, 6.07) is 11.6. The number of benzene rings is 2. The average molecular weight is 397 g/mol. The van der Waals surface area contributed by atoms with Gasteiger partial charge < -0.3 is 5.32 Å². The van der Waals surface area contributed by atoms with Gasteiger partial charge in [0.15, 0.2) is 0 Å². The van der Waals surface area contributed by atoms with Gasteiger partial charge in [-0.3, -0.25) is 4.79 Å². The molecule has 1 saturated heterocycles.